The smallest absolute Gasteiger partial charge is 0.322 e. The molecule has 1 N–H and O–H groups in total. The summed E-state index contributed by atoms with van der Waals surface area (Å²) in [5, 5.41) is 4.68. The van der Waals surface area contributed by atoms with Gasteiger partial charge in [-0.25, -0.2) is 4.79 Å². The summed E-state index contributed by atoms with van der Waals surface area (Å²) < 4.78 is 0. The van der Waals surface area contributed by atoms with Gasteiger partial charge in [0.05, 0.1) is 6.04 Å². The van der Waals surface area contributed by atoms with Crippen molar-refractivity contribution in [3.8, 4) is 0 Å². The van der Waals surface area contributed by atoms with Crippen LogP contribution >= 0.6 is 23.2 Å². The largest absolute Gasteiger partial charge is 0.332 e. The van der Waals surface area contributed by atoms with Gasteiger partial charge in [0.1, 0.15) is 0 Å². The van der Waals surface area contributed by atoms with Crippen molar-refractivity contribution in [1.82, 2.24) is 10.2 Å². The molecule has 2 saturated heterocycles. The van der Waals surface area contributed by atoms with Crippen LogP contribution in [0.15, 0.2) is 48.5 Å². The predicted molar refractivity (Wildman–Crippen MR) is 115 cm³/mol. The SMILES string of the molecule is O=C1NC(CN2CCC(Cc3cc(Cl)ccc3Cl)CC2)CN1c1ccccc1. The molecule has 2 aliphatic heterocycles. The topological polar surface area (TPSA) is 35.6 Å². The van der Waals surface area contributed by atoms with Crippen molar-refractivity contribution in [2.45, 2.75) is 25.3 Å². The number of amides is 2. The van der Waals surface area contributed by atoms with E-state index in [2.05, 4.69) is 10.2 Å². The van der Waals surface area contributed by atoms with Gasteiger partial charge in [0.2, 0.25) is 0 Å². The first-order valence-electron chi connectivity index (χ1n) is 9.88. The Morgan fingerprint density at radius 2 is 1.79 bits per heavy atom. The van der Waals surface area contributed by atoms with E-state index in [4.69, 9.17) is 23.2 Å². The molecule has 0 aromatic heterocycles. The second-order valence-electron chi connectivity index (χ2n) is 7.78. The molecule has 6 heteroatoms. The Morgan fingerprint density at radius 1 is 1.04 bits per heavy atom. The van der Waals surface area contributed by atoms with Crippen LogP contribution in [0.4, 0.5) is 10.5 Å². The van der Waals surface area contributed by atoms with E-state index in [9.17, 15) is 4.79 Å². The second-order valence-corrected chi connectivity index (χ2v) is 8.62. The van der Waals surface area contributed by atoms with E-state index >= 15 is 0 Å². The number of likely N-dealkylation sites (tertiary alicyclic amines) is 1. The Labute approximate surface area is 176 Å². The number of benzene rings is 2. The molecule has 0 radical (unpaired) electrons. The minimum Gasteiger partial charge on any atom is -0.332 e. The van der Waals surface area contributed by atoms with Gasteiger partial charge in [-0.3, -0.25) is 4.90 Å². The lowest BCUT2D eigenvalue weighted by Crippen LogP contribution is -2.43. The number of hydrogen-bond acceptors (Lipinski definition) is 2. The average molecular weight is 418 g/mol. The first kappa shape index (κ1) is 19.6. The molecule has 2 heterocycles. The molecule has 0 bridgehead atoms. The van der Waals surface area contributed by atoms with Crippen molar-refractivity contribution in [2.75, 3.05) is 31.1 Å². The monoisotopic (exact) mass is 417 g/mol. The van der Waals surface area contributed by atoms with Crippen LogP contribution in [0.1, 0.15) is 18.4 Å². The molecule has 0 aliphatic carbocycles. The molecule has 4 nitrogen and oxygen atoms in total. The Bertz CT molecular complexity index is 822. The van der Waals surface area contributed by atoms with E-state index in [0.717, 1.165) is 66.7 Å². The first-order valence-corrected chi connectivity index (χ1v) is 10.6. The van der Waals surface area contributed by atoms with Gasteiger partial charge >= 0.3 is 6.03 Å². The summed E-state index contributed by atoms with van der Waals surface area (Å²) >= 11 is 12.4. The van der Waals surface area contributed by atoms with Gasteiger partial charge in [0.15, 0.2) is 0 Å². The van der Waals surface area contributed by atoms with Gasteiger partial charge in [0.25, 0.3) is 0 Å². The fraction of sp³-hybridized carbons (Fsp3) is 0.409. The van der Waals surface area contributed by atoms with Gasteiger partial charge < -0.3 is 10.2 Å². The number of piperidine rings is 1. The first-order chi connectivity index (χ1) is 13.6. The third-order valence-electron chi connectivity index (χ3n) is 5.75. The Morgan fingerprint density at radius 3 is 2.54 bits per heavy atom. The fourth-order valence-corrected chi connectivity index (χ4v) is 4.62. The quantitative estimate of drug-likeness (QED) is 0.754. The molecule has 2 fully saturated rings. The lowest BCUT2D eigenvalue weighted by molar-refractivity contribution is 0.173. The Hall–Kier alpha value is -1.75. The summed E-state index contributed by atoms with van der Waals surface area (Å²) in [4.78, 5) is 16.6. The highest BCUT2D eigenvalue weighted by atomic mass is 35.5. The van der Waals surface area contributed by atoms with Crippen LogP contribution in [0.2, 0.25) is 10.0 Å². The third-order valence-corrected chi connectivity index (χ3v) is 6.35. The molecule has 0 saturated carbocycles. The van der Waals surface area contributed by atoms with Crippen LogP contribution in [-0.2, 0) is 6.42 Å². The normalized spacial score (nSPS) is 21.1. The van der Waals surface area contributed by atoms with Crippen molar-refractivity contribution in [3.05, 3.63) is 64.1 Å². The molecule has 2 aromatic carbocycles. The van der Waals surface area contributed by atoms with Crippen LogP contribution in [-0.4, -0.2) is 43.2 Å². The van der Waals surface area contributed by atoms with Crippen LogP contribution in [0.3, 0.4) is 0 Å². The summed E-state index contributed by atoms with van der Waals surface area (Å²) in [6.07, 6.45) is 3.27. The lowest BCUT2D eigenvalue weighted by Gasteiger charge is -2.33. The maximum atomic E-state index is 12.3. The Kier molecular flexibility index (Phi) is 6.10. The number of carbonyl (C=O) groups excluding carboxylic acids is 1. The van der Waals surface area contributed by atoms with E-state index in [1.165, 1.54) is 0 Å². The molecule has 28 heavy (non-hydrogen) atoms. The Balaban J connectivity index is 1.27. The number of carbonyl (C=O) groups is 1. The molecule has 4 rings (SSSR count). The fourth-order valence-electron chi connectivity index (χ4n) is 4.23. The molecule has 1 unspecified atom stereocenters. The highest BCUT2D eigenvalue weighted by Gasteiger charge is 2.31. The highest BCUT2D eigenvalue weighted by Crippen LogP contribution is 2.28. The van der Waals surface area contributed by atoms with Crippen molar-refractivity contribution >= 4 is 34.9 Å². The zero-order chi connectivity index (χ0) is 19.5. The van der Waals surface area contributed by atoms with Crippen LogP contribution in [0, 0.1) is 5.92 Å². The standard InChI is InChI=1S/C22H25Cl2N3O/c23-18-6-7-21(24)17(13-18)12-16-8-10-26(11-9-16)14-19-15-27(22(28)25-19)20-4-2-1-3-5-20/h1-7,13,16,19H,8-12,14-15H2,(H,25,28). The van der Waals surface area contributed by atoms with Crippen molar-refractivity contribution < 1.29 is 4.79 Å². The number of hydrogen-bond donors (Lipinski definition) is 1. The molecule has 148 valence electrons. The minimum atomic E-state index is 0.00156. The van der Waals surface area contributed by atoms with E-state index in [0.29, 0.717) is 5.92 Å². The van der Waals surface area contributed by atoms with Crippen LogP contribution < -0.4 is 10.2 Å². The molecule has 2 aliphatic rings. The minimum absolute atomic E-state index is 0.00156. The molecule has 1 atom stereocenters. The third kappa shape index (κ3) is 4.62. The zero-order valence-corrected chi connectivity index (χ0v) is 17.3. The zero-order valence-electron chi connectivity index (χ0n) is 15.8. The number of anilines is 1. The molecular weight excluding hydrogens is 393 g/mol. The number of rotatable bonds is 5. The van der Waals surface area contributed by atoms with Crippen molar-refractivity contribution in [3.63, 3.8) is 0 Å². The number of halogens is 2. The highest BCUT2D eigenvalue weighted by molar-refractivity contribution is 6.33. The number of urea groups is 1. The van der Waals surface area contributed by atoms with Crippen molar-refractivity contribution in [2.24, 2.45) is 5.92 Å². The summed E-state index contributed by atoms with van der Waals surface area (Å²) in [7, 11) is 0. The van der Waals surface area contributed by atoms with Crippen LogP contribution in [0.5, 0.6) is 0 Å². The summed E-state index contributed by atoms with van der Waals surface area (Å²) in [5.41, 5.74) is 2.11. The molecule has 2 amide bonds. The number of nitrogens with one attached hydrogen (secondary N) is 1. The van der Waals surface area contributed by atoms with E-state index in [1.54, 1.807) is 0 Å². The maximum absolute atomic E-state index is 12.3. The van der Waals surface area contributed by atoms with Gasteiger partial charge in [-0.1, -0.05) is 41.4 Å². The molecular formula is C22H25Cl2N3O. The predicted octanol–water partition coefficient (Wildman–Crippen LogP) is 4.85. The van der Waals surface area contributed by atoms with E-state index < -0.39 is 0 Å². The van der Waals surface area contributed by atoms with Gasteiger partial charge in [-0.15, -0.1) is 0 Å². The summed E-state index contributed by atoms with van der Waals surface area (Å²) in [6.45, 7) is 3.74. The average Bonchev–Trinajstić information content (AvgIpc) is 3.07. The second kappa shape index (κ2) is 8.73. The number of nitrogens with zero attached hydrogens (tertiary/aromatic N) is 2. The van der Waals surface area contributed by atoms with Gasteiger partial charge in [0, 0.05) is 28.8 Å². The van der Waals surface area contributed by atoms with Gasteiger partial charge in [-0.2, -0.15) is 0 Å². The lowest BCUT2D eigenvalue weighted by atomic mass is 9.90. The van der Waals surface area contributed by atoms with Gasteiger partial charge in [-0.05, 0) is 74.2 Å². The van der Waals surface area contributed by atoms with Crippen LogP contribution in [0.25, 0.3) is 0 Å². The summed E-state index contributed by atoms with van der Waals surface area (Å²) in [5.74, 6) is 0.631. The van der Waals surface area contributed by atoms with E-state index in [-0.39, 0.29) is 12.1 Å². The molecule has 2 aromatic rings. The van der Waals surface area contributed by atoms with Crippen molar-refractivity contribution in [1.29, 1.82) is 0 Å². The van der Waals surface area contributed by atoms with E-state index in [1.807, 2.05) is 53.4 Å². The summed E-state index contributed by atoms with van der Waals surface area (Å²) in [6, 6.07) is 15.7. The maximum Gasteiger partial charge on any atom is 0.322 e. The molecule has 0 spiro atoms. The number of para-hydroxylation sites is 1.